The Labute approximate surface area is 149 Å². The molecule has 0 unspecified atom stereocenters. The van der Waals surface area contributed by atoms with Crippen LogP contribution in [0.15, 0.2) is 35.1 Å². The molecule has 0 bridgehead atoms. The second kappa shape index (κ2) is 8.30. The largest absolute Gasteiger partial charge is 0.487 e. The van der Waals surface area contributed by atoms with Crippen molar-refractivity contribution in [2.75, 3.05) is 19.7 Å². The molecule has 2 heterocycles. The highest BCUT2D eigenvalue weighted by Gasteiger charge is 2.23. The minimum Gasteiger partial charge on any atom is -0.487 e. The second-order valence-corrected chi connectivity index (χ2v) is 6.63. The Balaban J connectivity index is 1.79. The van der Waals surface area contributed by atoms with Gasteiger partial charge in [0.25, 0.3) is 0 Å². The number of pyridine rings is 1. The lowest BCUT2D eigenvalue weighted by Crippen LogP contribution is -2.33. The maximum absolute atomic E-state index is 11.2. The number of hydrazine groups is 1. The number of rotatable bonds is 7. The van der Waals surface area contributed by atoms with E-state index in [1.54, 1.807) is 0 Å². The lowest BCUT2D eigenvalue weighted by molar-refractivity contribution is 0.111. The fourth-order valence-corrected chi connectivity index (χ4v) is 3.53. The zero-order valence-corrected chi connectivity index (χ0v) is 15.2. The summed E-state index contributed by atoms with van der Waals surface area (Å²) in [5, 5.41) is 2.27. The Hall–Kier alpha value is -2.14. The molecule has 25 heavy (non-hydrogen) atoms. The van der Waals surface area contributed by atoms with Crippen molar-refractivity contribution in [3.63, 3.8) is 0 Å². The summed E-state index contributed by atoms with van der Waals surface area (Å²) < 4.78 is 5.99. The smallest absolute Gasteiger partial charge is 0.172 e. The standard InChI is InChI=1S/C20H27N3O2/c1-3-12-23-19(10-11-21-23)17-7-5-4-6-16(17)14-25-20-9-8-15(2)22-18(20)13-24/h8-10,13,21H,3-7,11-12,14H2,1-2H3. The van der Waals surface area contributed by atoms with Gasteiger partial charge in [-0.1, -0.05) is 6.92 Å². The van der Waals surface area contributed by atoms with Crippen molar-refractivity contribution >= 4 is 6.29 Å². The minimum absolute atomic E-state index is 0.382. The molecule has 0 atom stereocenters. The number of nitrogens with zero attached hydrogens (tertiary/aromatic N) is 2. The number of ether oxygens (including phenoxy) is 1. The molecule has 0 amide bonds. The first-order valence-corrected chi connectivity index (χ1v) is 9.21. The van der Waals surface area contributed by atoms with Crippen molar-refractivity contribution in [2.45, 2.75) is 46.0 Å². The van der Waals surface area contributed by atoms with E-state index in [0.717, 1.165) is 44.3 Å². The third-order valence-electron chi connectivity index (χ3n) is 4.75. The van der Waals surface area contributed by atoms with Gasteiger partial charge < -0.3 is 9.75 Å². The zero-order chi connectivity index (χ0) is 17.6. The second-order valence-electron chi connectivity index (χ2n) is 6.63. The third-order valence-corrected chi connectivity index (χ3v) is 4.75. The van der Waals surface area contributed by atoms with Crippen molar-refractivity contribution in [1.29, 1.82) is 0 Å². The van der Waals surface area contributed by atoms with E-state index >= 15 is 0 Å². The molecular formula is C20H27N3O2. The Bertz CT molecular complexity index is 694. The van der Waals surface area contributed by atoms with Crippen LogP contribution in [0.3, 0.4) is 0 Å². The van der Waals surface area contributed by atoms with Crippen LogP contribution in [0.4, 0.5) is 0 Å². The van der Waals surface area contributed by atoms with Gasteiger partial charge in [0.2, 0.25) is 0 Å². The number of hydrogen-bond acceptors (Lipinski definition) is 5. The van der Waals surface area contributed by atoms with E-state index in [2.05, 4.69) is 28.4 Å². The highest BCUT2D eigenvalue weighted by Crippen LogP contribution is 2.33. The van der Waals surface area contributed by atoms with Crippen LogP contribution < -0.4 is 10.2 Å². The Morgan fingerprint density at radius 3 is 2.96 bits per heavy atom. The fourth-order valence-electron chi connectivity index (χ4n) is 3.53. The topological polar surface area (TPSA) is 54.5 Å². The van der Waals surface area contributed by atoms with E-state index in [9.17, 15) is 4.79 Å². The Kier molecular flexibility index (Phi) is 5.87. The third kappa shape index (κ3) is 4.10. The van der Waals surface area contributed by atoms with Crippen LogP contribution in [0.1, 0.15) is 55.2 Å². The number of hydrogen-bond donors (Lipinski definition) is 1. The molecule has 0 aromatic carbocycles. The van der Waals surface area contributed by atoms with Crippen LogP contribution in [-0.4, -0.2) is 36.0 Å². The maximum atomic E-state index is 11.2. The van der Waals surface area contributed by atoms with Crippen molar-refractivity contribution < 1.29 is 9.53 Å². The summed E-state index contributed by atoms with van der Waals surface area (Å²) in [4.78, 5) is 15.5. The predicted molar refractivity (Wildman–Crippen MR) is 98.4 cm³/mol. The number of aromatic nitrogens is 1. The summed E-state index contributed by atoms with van der Waals surface area (Å²) in [5.74, 6) is 0.571. The van der Waals surface area contributed by atoms with Gasteiger partial charge in [-0.3, -0.25) is 4.79 Å². The van der Waals surface area contributed by atoms with Gasteiger partial charge >= 0.3 is 0 Å². The van der Waals surface area contributed by atoms with Crippen molar-refractivity contribution in [3.8, 4) is 5.75 Å². The molecule has 0 spiro atoms. The highest BCUT2D eigenvalue weighted by atomic mass is 16.5. The first kappa shape index (κ1) is 17.7. The van der Waals surface area contributed by atoms with Gasteiger partial charge in [-0.05, 0) is 68.4 Å². The van der Waals surface area contributed by atoms with Crippen LogP contribution in [0.5, 0.6) is 5.75 Å². The number of allylic oxidation sites excluding steroid dienone is 1. The monoisotopic (exact) mass is 341 g/mol. The lowest BCUT2D eigenvalue weighted by atomic mass is 9.90. The summed E-state index contributed by atoms with van der Waals surface area (Å²) in [7, 11) is 0. The van der Waals surface area contributed by atoms with E-state index in [4.69, 9.17) is 4.74 Å². The fraction of sp³-hybridized carbons (Fsp3) is 0.500. The molecule has 1 aliphatic heterocycles. The molecule has 1 aromatic heterocycles. The van der Waals surface area contributed by atoms with Crippen molar-refractivity contribution in [1.82, 2.24) is 15.4 Å². The molecule has 0 saturated carbocycles. The van der Waals surface area contributed by atoms with E-state index in [0.29, 0.717) is 18.1 Å². The van der Waals surface area contributed by atoms with Gasteiger partial charge in [-0.2, -0.15) is 0 Å². The van der Waals surface area contributed by atoms with Crippen LogP contribution >= 0.6 is 0 Å². The molecule has 1 aromatic rings. The van der Waals surface area contributed by atoms with Gasteiger partial charge in [0, 0.05) is 18.8 Å². The molecule has 5 nitrogen and oxygen atoms in total. The maximum Gasteiger partial charge on any atom is 0.172 e. The molecular weight excluding hydrogens is 314 g/mol. The first-order chi connectivity index (χ1) is 12.2. The van der Waals surface area contributed by atoms with E-state index in [1.165, 1.54) is 29.7 Å². The number of aryl methyl sites for hydroxylation is 1. The van der Waals surface area contributed by atoms with E-state index in [1.807, 2.05) is 19.1 Å². The van der Waals surface area contributed by atoms with Gasteiger partial charge in [0.05, 0.1) is 5.70 Å². The molecule has 1 N–H and O–H groups in total. The van der Waals surface area contributed by atoms with Gasteiger partial charge in [0.1, 0.15) is 18.1 Å². The van der Waals surface area contributed by atoms with Crippen LogP contribution in [0.2, 0.25) is 0 Å². The summed E-state index contributed by atoms with van der Waals surface area (Å²) in [6, 6.07) is 3.72. The molecule has 2 aliphatic rings. The molecule has 3 rings (SSSR count). The zero-order valence-electron chi connectivity index (χ0n) is 15.2. The van der Waals surface area contributed by atoms with Crippen molar-refractivity contribution in [3.05, 3.63) is 46.4 Å². The van der Waals surface area contributed by atoms with Gasteiger partial charge in [-0.15, -0.1) is 0 Å². The normalized spacial score (nSPS) is 17.7. The average molecular weight is 341 g/mol. The number of carbonyl (C=O) groups is 1. The Morgan fingerprint density at radius 2 is 2.16 bits per heavy atom. The lowest BCUT2D eigenvalue weighted by Gasteiger charge is -2.28. The molecule has 134 valence electrons. The van der Waals surface area contributed by atoms with Crippen LogP contribution in [-0.2, 0) is 0 Å². The van der Waals surface area contributed by atoms with Crippen LogP contribution in [0.25, 0.3) is 0 Å². The summed E-state index contributed by atoms with van der Waals surface area (Å²) in [6.07, 6.45) is 8.74. The van der Waals surface area contributed by atoms with Crippen LogP contribution in [0, 0.1) is 6.92 Å². The van der Waals surface area contributed by atoms with E-state index < -0.39 is 0 Å². The number of nitrogens with one attached hydrogen (secondary N) is 1. The van der Waals surface area contributed by atoms with E-state index in [-0.39, 0.29) is 0 Å². The quantitative estimate of drug-likeness (QED) is 0.769. The number of aldehydes is 1. The highest BCUT2D eigenvalue weighted by molar-refractivity contribution is 5.76. The molecule has 1 aliphatic carbocycles. The predicted octanol–water partition coefficient (Wildman–Crippen LogP) is 3.57. The average Bonchev–Trinajstić information content (AvgIpc) is 3.09. The Morgan fingerprint density at radius 1 is 1.32 bits per heavy atom. The minimum atomic E-state index is 0.382. The molecule has 0 saturated heterocycles. The molecule has 0 radical (unpaired) electrons. The molecule has 5 heteroatoms. The number of carbonyl (C=O) groups excluding carboxylic acids is 1. The first-order valence-electron chi connectivity index (χ1n) is 9.21. The molecule has 0 fully saturated rings. The van der Waals surface area contributed by atoms with Gasteiger partial charge in [-0.25, -0.2) is 10.4 Å². The van der Waals surface area contributed by atoms with Crippen molar-refractivity contribution in [2.24, 2.45) is 0 Å². The summed E-state index contributed by atoms with van der Waals surface area (Å²) in [6.45, 7) is 6.51. The summed E-state index contributed by atoms with van der Waals surface area (Å²) >= 11 is 0. The SMILES string of the molecule is CCCN1NCC=C1C1=C(COc2ccc(C)nc2C=O)CCCC1. The summed E-state index contributed by atoms with van der Waals surface area (Å²) in [5.41, 5.74) is 8.72. The van der Waals surface area contributed by atoms with Gasteiger partial charge in [0.15, 0.2) is 6.29 Å².